The Morgan fingerprint density at radius 2 is 1.85 bits per heavy atom. The smallest absolute Gasteiger partial charge is 0.164 e. The number of sulfone groups is 1. The highest BCUT2D eigenvalue weighted by Crippen LogP contribution is 2.37. The minimum Gasteiger partial charge on any atom is -0.317 e. The fraction of sp³-hybridized carbons (Fsp3) is 0.350. The number of nitrogens with zero attached hydrogens (tertiary/aromatic N) is 2. The summed E-state index contributed by atoms with van der Waals surface area (Å²) in [7, 11) is -2.98. The van der Waals surface area contributed by atoms with Gasteiger partial charge in [0, 0.05) is 10.9 Å². The molecule has 0 amide bonds. The van der Waals surface area contributed by atoms with Crippen LogP contribution in [0.25, 0.3) is 0 Å². The van der Waals surface area contributed by atoms with Gasteiger partial charge in [-0.15, -0.1) is 0 Å². The number of amidine groups is 1. The summed E-state index contributed by atoms with van der Waals surface area (Å²) in [5.74, 6) is 0.0572. The molecule has 27 heavy (non-hydrogen) atoms. The number of anilines is 1. The van der Waals surface area contributed by atoms with Gasteiger partial charge < -0.3 is 4.90 Å². The van der Waals surface area contributed by atoms with Gasteiger partial charge in [0.25, 0.3) is 0 Å². The van der Waals surface area contributed by atoms with Gasteiger partial charge in [-0.25, -0.2) is 12.8 Å². The van der Waals surface area contributed by atoms with E-state index in [1.807, 2.05) is 0 Å². The zero-order valence-corrected chi connectivity index (χ0v) is 16.9. The van der Waals surface area contributed by atoms with Crippen LogP contribution >= 0.6 is 11.8 Å². The molecule has 4 nitrogen and oxygen atoms in total. The van der Waals surface area contributed by atoms with E-state index in [-0.39, 0.29) is 28.6 Å². The predicted molar refractivity (Wildman–Crippen MR) is 110 cm³/mol. The number of thioether (sulfide) groups is 1. The standard InChI is InChI=1S/C20H21FN2O2S2/c1-13-3-8-17(9-14(13)2)23(10-15-4-6-16(21)7-5-15)20-22-18-11-27(24,25)12-19(18)26-20/h3-9,18-19H,10-12H2,1-2H3/t18-,19-/m1/s1. The van der Waals surface area contributed by atoms with E-state index < -0.39 is 9.84 Å². The fourth-order valence-electron chi connectivity index (χ4n) is 3.41. The van der Waals surface area contributed by atoms with E-state index in [9.17, 15) is 12.8 Å². The van der Waals surface area contributed by atoms with Crippen molar-refractivity contribution in [1.82, 2.24) is 0 Å². The third kappa shape index (κ3) is 3.89. The quantitative estimate of drug-likeness (QED) is 0.782. The Hall–Kier alpha value is -1.86. The summed E-state index contributed by atoms with van der Waals surface area (Å²) in [5.41, 5.74) is 4.38. The van der Waals surface area contributed by atoms with Gasteiger partial charge >= 0.3 is 0 Å². The number of halogens is 1. The molecule has 0 unspecified atom stereocenters. The van der Waals surface area contributed by atoms with Crippen LogP contribution in [0, 0.1) is 19.7 Å². The Bertz CT molecular complexity index is 1000. The molecule has 142 valence electrons. The lowest BCUT2D eigenvalue weighted by atomic mass is 10.1. The molecule has 2 heterocycles. The van der Waals surface area contributed by atoms with E-state index >= 15 is 0 Å². The van der Waals surface area contributed by atoms with Crippen molar-refractivity contribution in [2.75, 3.05) is 16.4 Å². The van der Waals surface area contributed by atoms with Gasteiger partial charge in [0.2, 0.25) is 0 Å². The molecule has 2 aromatic rings. The Morgan fingerprint density at radius 3 is 2.52 bits per heavy atom. The topological polar surface area (TPSA) is 49.7 Å². The maximum absolute atomic E-state index is 13.3. The summed E-state index contributed by atoms with van der Waals surface area (Å²) in [5, 5.41) is 0.833. The molecule has 2 aliphatic heterocycles. The highest BCUT2D eigenvalue weighted by atomic mass is 32.2. The first-order valence-corrected chi connectivity index (χ1v) is 11.5. The van der Waals surface area contributed by atoms with Crippen molar-refractivity contribution in [1.29, 1.82) is 0 Å². The fourth-order valence-corrected chi connectivity index (χ4v) is 7.19. The van der Waals surface area contributed by atoms with E-state index in [2.05, 4.69) is 36.9 Å². The van der Waals surface area contributed by atoms with Crippen LogP contribution < -0.4 is 4.90 Å². The number of rotatable bonds is 3. The number of aryl methyl sites for hydroxylation is 2. The molecular formula is C20H21FN2O2S2. The van der Waals surface area contributed by atoms with Crippen molar-refractivity contribution < 1.29 is 12.8 Å². The van der Waals surface area contributed by atoms with Crippen molar-refractivity contribution in [3.63, 3.8) is 0 Å². The van der Waals surface area contributed by atoms with Gasteiger partial charge in [-0.3, -0.25) is 4.99 Å². The number of aliphatic imine (C=N–C) groups is 1. The minimum absolute atomic E-state index is 0.00716. The molecule has 0 bridgehead atoms. The second-order valence-corrected chi connectivity index (χ2v) is 10.6. The van der Waals surface area contributed by atoms with Crippen molar-refractivity contribution in [3.8, 4) is 0 Å². The molecule has 2 aromatic carbocycles. The van der Waals surface area contributed by atoms with Crippen LogP contribution in [0.3, 0.4) is 0 Å². The molecule has 7 heteroatoms. The van der Waals surface area contributed by atoms with Gasteiger partial charge in [-0.1, -0.05) is 30.0 Å². The Balaban J connectivity index is 1.68. The van der Waals surface area contributed by atoms with Gasteiger partial charge in [0.05, 0.1) is 24.1 Å². The third-order valence-electron chi connectivity index (χ3n) is 5.09. The molecule has 2 atom stereocenters. The number of hydrogen-bond acceptors (Lipinski definition) is 5. The SMILES string of the molecule is Cc1ccc(N(Cc2ccc(F)cc2)C2=N[C@@H]3CS(=O)(=O)C[C@H]3S2)cc1C. The van der Waals surface area contributed by atoms with Gasteiger partial charge in [-0.2, -0.15) is 0 Å². The summed E-state index contributed by atoms with van der Waals surface area (Å²) >= 11 is 1.54. The molecule has 0 spiro atoms. The molecule has 0 radical (unpaired) electrons. The highest BCUT2D eigenvalue weighted by Gasteiger charge is 2.44. The summed E-state index contributed by atoms with van der Waals surface area (Å²) in [4.78, 5) is 6.85. The van der Waals surface area contributed by atoms with Crippen molar-refractivity contribution in [3.05, 3.63) is 65.0 Å². The lowest BCUT2D eigenvalue weighted by Gasteiger charge is -2.25. The predicted octanol–water partition coefficient (Wildman–Crippen LogP) is 3.72. The molecule has 0 N–H and O–H groups in total. The molecule has 1 saturated heterocycles. The summed E-state index contributed by atoms with van der Waals surface area (Å²) < 4.78 is 37.0. The Morgan fingerprint density at radius 1 is 1.11 bits per heavy atom. The first-order valence-electron chi connectivity index (χ1n) is 8.85. The lowest BCUT2D eigenvalue weighted by Crippen LogP contribution is -2.28. The largest absolute Gasteiger partial charge is 0.317 e. The van der Waals surface area contributed by atoms with Gasteiger partial charge in [0.1, 0.15) is 5.82 Å². The zero-order chi connectivity index (χ0) is 19.2. The molecule has 0 aliphatic carbocycles. The molecule has 1 fully saturated rings. The van der Waals surface area contributed by atoms with E-state index in [1.54, 1.807) is 23.9 Å². The lowest BCUT2D eigenvalue weighted by molar-refractivity contribution is 0.601. The van der Waals surface area contributed by atoms with Crippen LogP contribution in [0.5, 0.6) is 0 Å². The molecule has 4 rings (SSSR count). The average molecular weight is 405 g/mol. The summed E-state index contributed by atoms with van der Waals surface area (Å²) in [6, 6.07) is 12.5. The second kappa shape index (κ2) is 6.95. The van der Waals surface area contributed by atoms with Crippen LogP contribution in [-0.4, -0.2) is 36.4 Å². The first-order chi connectivity index (χ1) is 12.8. The van der Waals surface area contributed by atoms with Crippen LogP contribution in [-0.2, 0) is 16.4 Å². The van der Waals surface area contributed by atoms with Crippen molar-refractivity contribution >= 4 is 32.5 Å². The summed E-state index contributed by atoms with van der Waals surface area (Å²) in [6.07, 6.45) is 0. The van der Waals surface area contributed by atoms with E-state index in [1.165, 1.54) is 23.3 Å². The van der Waals surface area contributed by atoms with E-state index in [4.69, 9.17) is 4.99 Å². The maximum Gasteiger partial charge on any atom is 0.164 e. The second-order valence-electron chi connectivity index (χ2n) is 7.19. The van der Waals surface area contributed by atoms with Crippen LogP contribution in [0.1, 0.15) is 16.7 Å². The zero-order valence-electron chi connectivity index (χ0n) is 15.2. The maximum atomic E-state index is 13.3. The number of fused-ring (bicyclic) bond motifs is 1. The molecular weight excluding hydrogens is 383 g/mol. The molecule has 2 aliphatic rings. The minimum atomic E-state index is -2.98. The Kier molecular flexibility index (Phi) is 4.76. The van der Waals surface area contributed by atoms with Crippen LogP contribution in [0.4, 0.5) is 10.1 Å². The van der Waals surface area contributed by atoms with Crippen molar-refractivity contribution in [2.24, 2.45) is 4.99 Å². The molecule has 0 aromatic heterocycles. The number of benzene rings is 2. The highest BCUT2D eigenvalue weighted by molar-refractivity contribution is 8.15. The normalized spacial score (nSPS) is 23.1. The van der Waals surface area contributed by atoms with Gasteiger partial charge in [-0.05, 0) is 54.8 Å². The van der Waals surface area contributed by atoms with E-state index in [0.29, 0.717) is 6.54 Å². The van der Waals surface area contributed by atoms with E-state index in [0.717, 1.165) is 16.4 Å². The Labute approximate surface area is 163 Å². The van der Waals surface area contributed by atoms with Gasteiger partial charge in [0.15, 0.2) is 15.0 Å². The van der Waals surface area contributed by atoms with Crippen LogP contribution in [0.15, 0.2) is 47.5 Å². The first kappa shape index (κ1) is 18.5. The molecule has 0 saturated carbocycles. The third-order valence-corrected chi connectivity index (χ3v) is 8.34. The number of hydrogen-bond donors (Lipinski definition) is 0. The monoisotopic (exact) mass is 404 g/mol. The van der Waals surface area contributed by atoms with Crippen molar-refractivity contribution in [2.45, 2.75) is 31.7 Å². The summed E-state index contributed by atoms with van der Waals surface area (Å²) in [6.45, 7) is 4.70. The average Bonchev–Trinajstić information content (AvgIpc) is 3.10. The van der Waals surface area contributed by atoms with Crippen LogP contribution in [0.2, 0.25) is 0 Å².